The van der Waals surface area contributed by atoms with Crippen molar-refractivity contribution < 1.29 is 63.4 Å². The lowest BCUT2D eigenvalue weighted by Crippen LogP contribution is -2.48. The predicted octanol–water partition coefficient (Wildman–Crippen LogP) is 8.92. The van der Waals surface area contributed by atoms with E-state index in [0.717, 1.165) is 11.1 Å². The number of nitrogens with one attached hydrogen (secondary N) is 3. The summed E-state index contributed by atoms with van der Waals surface area (Å²) in [6, 6.07) is 16.9. The second-order valence-corrected chi connectivity index (χ2v) is 16.1. The molecule has 2 atom stereocenters. The van der Waals surface area contributed by atoms with Crippen LogP contribution in [0.3, 0.4) is 0 Å². The minimum Gasteiger partial charge on any atom is -0.475 e. The van der Waals surface area contributed by atoms with Crippen molar-refractivity contribution in [3.8, 4) is 0 Å². The van der Waals surface area contributed by atoms with Crippen LogP contribution in [0.25, 0.3) is 0 Å². The Hall–Kier alpha value is -6.23. The summed E-state index contributed by atoms with van der Waals surface area (Å²) in [5.74, 6) is -2.62. The van der Waals surface area contributed by atoms with Crippen molar-refractivity contribution >= 4 is 23.6 Å². The van der Waals surface area contributed by atoms with Crippen LogP contribution in [-0.2, 0) is 26.2 Å². The van der Waals surface area contributed by atoms with Crippen LogP contribution in [0.2, 0.25) is 0 Å². The van der Waals surface area contributed by atoms with Crippen LogP contribution in [-0.4, -0.2) is 104 Å². The molecule has 0 bridgehead atoms. The second-order valence-electron chi connectivity index (χ2n) is 16.1. The number of H-pyrrole nitrogens is 2. The van der Waals surface area contributed by atoms with Crippen molar-refractivity contribution in [1.82, 2.24) is 35.2 Å². The quantitative estimate of drug-likeness (QED) is 0.0730. The number of aromatic nitrogens is 5. The average molecular weight is 957 g/mol. The highest BCUT2D eigenvalue weighted by atomic mass is 19.4. The second kappa shape index (κ2) is 22.0. The Bertz CT molecular complexity index is 2420. The van der Waals surface area contributed by atoms with E-state index in [0.29, 0.717) is 56.0 Å². The molecule has 0 aliphatic carbocycles. The van der Waals surface area contributed by atoms with E-state index < -0.39 is 47.8 Å². The molecular weight excluding hydrogens is 908 g/mol. The number of hydrogen-bond acceptors (Lipinski definition) is 11. The summed E-state index contributed by atoms with van der Waals surface area (Å²) in [6.45, 7) is 6.34. The minimum atomic E-state index is -5.08. The number of alkyl halides is 9. The number of anilines is 2. The molecule has 0 radical (unpaired) electrons. The van der Waals surface area contributed by atoms with Gasteiger partial charge >= 0.3 is 36.2 Å². The largest absolute Gasteiger partial charge is 0.490 e. The number of carbonyl (C=O) groups is 2. The number of halogens is 9. The van der Waals surface area contributed by atoms with Crippen LogP contribution in [0.1, 0.15) is 78.5 Å². The zero-order chi connectivity index (χ0) is 49.2. The van der Waals surface area contributed by atoms with Crippen molar-refractivity contribution in [3.05, 3.63) is 123 Å². The number of aryl methyl sites for hydroxylation is 2. The highest BCUT2D eigenvalue weighted by molar-refractivity contribution is 5.73. The third-order valence-corrected chi connectivity index (χ3v) is 11.2. The molecule has 2 unspecified atom stereocenters. The summed E-state index contributed by atoms with van der Waals surface area (Å²) >= 11 is 0. The summed E-state index contributed by atoms with van der Waals surface area (Å²) in [7, 11) is 0. The molecule has 3 aromatic heterocycles. The fourth-order valence-corrected chi connectivity index (χ4v) is 8.14. The predicted molar refractivity (Wildman–Crippen MR) is 224 cm³/mol. The van der Waals surface area contributed by atoms with Gasteiger partial charge in [-0.25, -0.2) is 19.7 Å². The highest BCUT2D eigenvalue weighted by Gasteiger charge is 2.50. The first-order valence-electron chi connectivity index (χ1n) is 21.0. The van der Waals surface area contributed by atoms with Crippen LogP contribution in [0.4, 0.5) is 51.1 Å². The molecule has 2 aromatic carbocycles. The fraction of sp³-hybridized carbons (Fsp3) is 0.455. The van der Waals surface area contributed by atoms with Gasteiger partial charge in [0.2, 0.25) is 5.89 Å². The number of rotatable bonds is 11. The average Bonchev–Trinajstić information content (AvgIpc) is 3.94. The van der Waals surface area contributed by atoms with E-state index >= 15 is 0 Å². The van der Waals surface area contributed by atoms with Gasteiger partial charge in [0.15, 0.2) is 0 Å². The molecule has 0 saturated carbocycles. The topological polar surface area (TPSA) is 183 Å². The SMILES string of the molecule is CCOC(=O)C1CCN(C(c2cccc(C)c2)C(F)(F)F)CC1.Cc1cccc(C(N2CCC(Cc3cccc(Nc4ccn[nH]4)n3)(c3n[nH]c(=O)o3)CC2)C(F)(F)F)c1.O=C(O)C(F)(F)F. The van der Waals surface area contributed by atoms with E-state index in [-0.39, 0.29) is 55.1 Å². The van der Waals surface area contributed by atoms with E-state index in [1.807, 2.05) is 12.1 Å². The molecule has 14 nitrogen and oxygen atoms in total. The minimum absolute atomic E-state index is 0.140. The molecule has 0 spiro atoms. The molecule has 0 amide bonds. The number of carboxylic acid groups (broad SMARTS) is 1. The third-order valence-electron chi connectivity index (χ3n) is 11.2. The summed E-state index contributed by atoms with van der Waals surface area (Å²) < 4.78 is 125. The normalized spacial score (nSPS) is 17.0. The first kappa shape index (κ1) is 51.7. The van der Waals surface area contributed by atoms with Gasteiger partial charge < -0.3 is 19.6 Å². The Labute approximate surface area is 377 Å². The molecule has 5 heterocycles. The van der Waals surface area contributed by atoms with E-state index in [1.165, 1.54) is 21.9 Å². The van der Waals surface area contributed by atoms with Crippen molar-refractivity contribution in [2.75, 3.05) is 38.1 Å². The van der Waals surface area contributed by atoms with Gasteiger partial charge in [-0.05, 0) is 82.8 Å². The van der Waals surface area contributed by atoms with Crippen LogP contribution >= 0.6 is 0 Å². The van der Waals surface area contributed by atoms with E-state index in [2.05, 4.69) is 30.7 Å². The van der Waals surface area contributed by atoms with E-state index in [1.54, 1.807) is 75.5 Å². The number of esters is 1. The van der Waals surface area contributed by atoms with Crippen LogP contribution < -0.4 is 11.1 Å². The Balaban J connectivity index is 0.000000238. The number of piperidine rings is 2. The Kier molecular flexibility index (Phi) is 17.0. The number of likely N-dealkylation sites (tertiary alicyclic amines) is 2. The monoisotopic (exact) mass is 956 g/mol. The van der Waals surface area contributed by atoms with Crippen LogP contribution in [0.5, 0.6) is 0 Å². The highest BCUT2D eigenvalue weighted by Crippen LogP contribution is 2.44. The summed E-state index contributed by atoms with van der Waals surface area (Å²) in [5, 5.41) is 23.3. The van der Waals surface area contributed by atoms with Gasteiger partial charge in [0.1, 0.15) is 23.7 Å². The van der Waals surface area contributed by atoms with Crippen molar-refractivity contribution in [1.29, 1.82) is 0 Å². The fourth-order valence-electron chi connectivity index (χ4n) is 8.14. The van der Waals surface area contributed by atoms with Crippen molar-refractivity contribution in [2.45, 2.75) is 88.9 Å². The molecule has 23 heteroatoms. The molecule has 7 rings (SSSR count). The molecule has 2 aliphatic heterocycles. The van der Waals surface area contributed by atoms with Gasteiger partial charge in [0.25, 0.3) is 0 Å². The van der Waals surface area contributed by atoms with Gasteiger partial charge in [-0.1, -0.05) is 65.7 Å². The van der Waals surface area contributed by atoms with Crippen LogP contribution in [0, 0.1) is 19.8 Å². The number of carbonyl (C=O) groups excluding carboxylic acids is 1. The molecule has 2 fully saturated rings. The number of nitrogens with zero attached hydrogens (tertiary/aromatic N) is 5. The molecule has 2 aliphatic rings. The third kappa shape index (κ3) is 14.4. The number of aliphatic carboxylic acids is 1. The summed E-state index contributed by atoms with van der Waals surface area (Å²) in [6.07, 6.45) is -10.5. The van der Waals surface area contributed by atoms with Gasteiger partial charge in [-0.2, -0.15) is 44.6 Å². The molecule has 4 N–H and O–H groups in total. The lowest BCUT2D eigenvalue weighted by Gasteiger charge is -2.43. The van der Waals surface area contributed by atoms with Gasteiger partial charge in [0, 0.05) is 31.3 Å². The maximum Gasteiger partial charge on any atom is 0.490 e. The zero-order valence-electron chi connectivity index (χ0n) is 36.4. The van der Waals surface area contributed by atoms with E-state index in [9.17, 15) is 49.1 Å². The first-order valence-corrected chi connectivity index (χ1v) is 21.0. The Morgan fingerprint density at radius 1 is 0.836 bits per heavy atom. The summed E-state index contributed by atoms with van der Waals surface area (Å²) in [5.41, 5.74) is 1.94. The number of carboxylic acids is 1. The number of hydrogen-bond donors (Lipinski definition) is 4. The lowest BCUT2D eigenvalue weighted by atomic mass is 9.74. The van der Waals surface area contributed by atoms with Crippen LogP contribution in [0.15, 0.2) is 88.2 Å². The molecule has 364 valence electrons. The number of pyridine rings is 1. The molecular formula is C44H49F9N8O6. The lowest BCUT2D eigenvalue weighted by molar-refractivity contribution is -0.193. The molecule has 2 saturated heterocycles. The Morgan fingerprint density at radius 3 is 1.82 bits per heavy atom. The van der Waals surface area contributed by atoms with Crippen molar-refractivity contribution in [2.24, 2.45) is 5.92 Å². The Morgan fingerprint density at radius 2 is 1.37 bits per heavy atom. The van der Waals surface area contributed by atoms with Gasteiger partial charge in [-0.3, -0.25) is 19.7 Å². The standard InChI is InChI=1S/C25H26F3N7O2.C17H22F3NO2.C2HF3O2/c1-16-4-2-5-17(14-16)21(25(26,27)28)35-12-9-24(10-13-35,22-33-34-23(36)37-22)15-18-6-3-7-19(30-18)31-20-8-11-29-32-20;1-3-23-16(22)13-7-9-21(10-8-13)15(17(18,19)20)14-6-4-5-12(2)11-14;3-2(4,5)1(6)7/h2-8,11,14,21H,9-10,12-13,15H2,1H3,(H,34,36)(H2,29,30,31,32);4-6,11,13,15H,3,7-10H2,1-2H3;(H,6,7). The summed E-state index contributed by atoms with van der Waals surface area (Å²) in [4.78, 5) is 39.9. The maximum absolute atomic E-state index is 14.2. The van der Waals surface area contributed by atoms with E-state index in [4.69, 9.17) is 19.1 Å². The van der Waals surface area contributed by atoms with Gasteiger partial charge in [-0.15, -0.1) is 5.10 Å². The van der Waals surface area contributed by atoms with Crippen molar-refractivity contribution in [3.63, 3.8) is 0 Å². The molecule has 67 heavy (non-hydrogen) atoms. The number of ether oxygens (including phenoxy) is 1. The number of aromatic amines is 2. The molecule has 5 aromatic rings. The van der Waals surface area contributed by atoms with Gasteiger partial charge in [0.05, 0.1) is 24.1 Å². The smallest absolute Gasteiger partial charge is 0.475 e. The maximum atomic E-state index is 14.2. The number of benzene rings is 2. The first-order chi connectivity index (χ1) is 31.5. The zero-order valence-corrected chi connectivity index (χ0v) is 36.4.